The maximum Gasteiger partial charge on any atom is 0.295 e. The molecule has 0 aromatic heterocycles. The summed E-state index contributed by atoms with van der Waals surface area (Å²) in [5.41, 5.74) is 1.81. The fourth-order valence-corrected chi connectivity index (χ4v) is 5.85. The first-order valence-corrected chi connectivity index (χ1v) is 12.6. The number of hydrogen-bond acceptors (Lipinski definition) is 6. The number of rotatable bonds is 6. The molecule has 4 rings (SSSR count). The van der Waals surface area contributed by atoms with Gasteiger partial charge in [-0.15, -0.1) is 0 Å². The van der Waals surface area contributed by atoms with Gasteiger partial charge < -0.3 is 24.4 Å². The number of carbonyl (C=O) groups is 2. The summed E-state index contributed by atoms with van der Waals surface area (Å²) in [5, 5.41) is 11.8. The highest BCUT2D eigenvalue weighted by molar-refractivity contribution is 6.47. The van der Waals surface area contributed by atoms with Crippen LogP contribution in [0.1, 0.15) is 49.3 Å². The third kappa shape index (κ3) is 4.50. The van der Waals surface area contributed by atoms with E-state index in [0.29, 0.717) is 0 Å². The number of carbonyl (C=O) groups excluding carboxylic acids is 2. The molecule has 0 bridgehead atoms. The topological polar surface area (TPSA) is 79.3 Å². The summed E-state index contributed by atoms with van der Waals surface area (Å²) >= 11 is 12.8. The Hall–Kier alpha value is -2.90. The SMILES string of the molecule is COc1c(Cl)cc(/C(O)=C2\C(=O)C(=O)N(C3CCCCC3)C2c2ccc(N(C)C)cc2)c(OC)c1Cl. The number of likely N-dealkylation sites (tertiary alicyclic amines) is 1. The molecule has 1 heterocycles. The molecule has 2 aliphatic rings. The zero-order chi connectivity index (χ0) is 26.1. The smallest absolute Gasteiger partial charge is 0.295 e. The van der Waals surface area contributed by atoms with Crippen molar-refractivity contribution in [1.29, 1.82) is 0 Å². The lowest BCUT2D eigenvalue weighted by atomic mass is 9.90. The minimum atomic E-state index is -0.756. The van der Waals surface area contributed by atoms with E-state index in [-0.39, 0.29) is 38.7 Å². The van der Waals surface area contributed by atoms with Crippen molar-refractivity contribution >= 4 is 46.3 Å². The van der Waals surface area contributed by atoms with Gasteiger partial charge in [-0.2, -0.15) is 0 Å². The Labute approximate surface area is 221 Å². The molecule has 7 nitrogen and oxygen atoms in total. The van der Waals surface area contributed by atoms with E-state index < -0.39 is 23.5 Å². The highest BCUT2D eigenvalue weighted by Gasteiger charge is 2.49. The molecule has 1 saturated heterocycles. The van der Waals surface area contributed by atoms with E-state index in [1.165, 1.54) is 20.3 Å². The van der Waals surface area contributed by atoms with Crippen LogP contribution in [0.2, 0.25) is 10.0 Å². The number of halogens is 2. The number of hydrogen-bond donors (Lipinski definition) is 1. The van der Waals surface area contributed by atoms with Crippen molar-refractivity contribution in [2.24, 2.45) is 0 Å². The van der Waals surface area contributed by atoms with Crippen molar-refractivity contribution in [2.75, 3.05) is 33.2 Å². The van der Waals surface area contributed by atoms with E-state index in [1.807, 2.05) is 43.3 Å². The van der Waals surface area contributed by atoms with Crippen LogP contribution < -0.4 is 14.4 Å². The summed E-state index contributed by atoms with van der Waals surface area (Å²) in [4.78, 5) is 30.5. The second kappa shape index (κ2) is 10.6. The molecule has 192 valence electrons. The van der Waals surface area contributed by atoms with Crippen molar-refractivity contribution in [2.45, 2.75) is 44.2 Å². The number of ketones is 1. The summed E-state index contributed by atoms with van der Waals surface area (Å²) < 4.78 is 10.7. The van der Waals surface area contributed by atoms with E-state index in [0.717, 1.165) is 43.4 Å². The average Bonchev–Trinajstić information content (AvgIpc) is 3.14. The van der Waals surface area contributed by atoms with Gasteiger partial charge in [0.1, 0.15) is 10.8 Å². The van der Waals surface area contributed by atoms with Gasteiger partial charge in [0.05, 0.1) is 36.4 Å². The first-order chi connectivity index (χ1) is 17.2. The van der Waals surface area contributed by atoms with Gasteiger partial charge in [-0.3, -0.25) is 9.59 Å². The normalized spacial score (nSPS) is 20.1. The summed E-state index contributed by atoms with van der Waals surface area (Å²) in [5.74, 6) is -1.47. The number of methoxy groups -OCH3 is 2. The highest BCUT2D eigenvalue weighted by atomic mass is 35.5. The lowest BCUT2D eigenvalue weighted by Crippen LogP contribution is -2.40. The van der Waals surface area contributed by atoms with Crippen molar-refractivity contribution in [3.05, 3.63) is 57.1 Å². The third-order valence-corrected chi connectivity index (χ3v) is 7.59. The monoisotopic (exact) mass is 532 g/mol. The number of Topliss-reactive ketones (excluding diaryl/α,β-unsaturated/α-hetero) is 1. The van der Waals surface area contributed by atoms with Gasteiger partial charge in [0.2, 0.25) is 0 Å². The van der Waals surface area contributed by atoms with E-state index in [1.54, 1.807) is 4.90 Å². The van der Waals surface area contributed by atoms with Crippen LogP contribution in [0.5, 0.6) is 11.5 Å². The second-order valence-corrected chi connectivity index (χ2v) is 10.1. The van der Waals surface area contributed by atoms with Gasteiger partial charge in [-0.25, -0.2) is 0 Å². The second-order valence-electron chi connectivity index (χ2n) is 9.27. The molecule has 1 amide bonds. The standard InChI is InChI=1S/C27H30Cl2N2O5/c1-30(2)16-12-10-15(11-13-16)22-20(24(33)27(34)31(22)17-8-6-5-7-9-17)23(32)18-14-19(28)26(36-4)21(29)25(18)35-3/h10-14,17,22,32H,5-9H2,1-4H3/b23-20+. The van der Waals surface area contributed by atoms with Gasteiger partial charge in [-0.05, 0) is 36.6 Å². The van der Waals surface area contributed by atoms with Gasteiger partial charge in [-0.1, -0.05) is 54.6 Å². The molecule has 0 spiro atoms. The molecule has 1 aliphatic heterocycles. The lowest BCUT2D eigenvalue weighted by molar-refractivity contribution is -0.141. The number of ether oxygens (including phenoxy) is 2. The Balaban J connectivity index is 1.94. The zero-order valence-corrected chi connectivity index (χ0v) is 22.3. The van der Waals surface area contributed by atoms with Crippen LogP contribution in [0, 0.1) is 0 Å². The van der Waals surface area contributed by atoms with Gasteiger partial charge in [0.15, 0.2) is 11.5 Å². The van der Waals surface area contributed by atoms with Crippen LogP contribution in [0.15, 0.2) is 35.9 Å². The lowest BCUT2D eigenvalue weighted by Gasteiger charge is -2.35. The maximum absolute atomic E-state index is 13.5. The van der Waals surface area contributed by atoms with Crippen LogP contribution in [0.25, 0.3) is 5.76 Å². The van der Waals surface area contributed by atoms with Crippen LogP contribution in [0.3, 0.4) is 0 Å². The van der Waals surface area contributed by atoms with Crippen LogP contribution in [0.4, 0.5) is 5.69 Å². The predicted molar refractivity (Wildman–Crippen MR) is 141 cm³/mol. The summed E-state index contributed by atoms with van der Waals surface area (Å²) in [6.45, 7) is 0. The van der Waals surface area contributed by atoms with Gasteiger partial charge >= 0.3 is 0 Å². The molecule has 2 fully saturated rings. The number of aliphatic hydroxyl groups excluding tert-OH is 1. The Morgan fingerprint density at radius 1 is 1.00 bits per heavy atom. The van der Waals surface area contributed by atoms with E-state index >= 15 is 0 Å². The van der Waals surface area contributed by atoms with E-state index in [9.17, 15) is 14.7 Å². The van der Waals surface area contributed by atoms with Crippen molar-refractivity contribution in [3.8, 4) is 11.5 Å². The number of anilines is 1. The highest BCUT2D eigenvalue weighted by Crippen LogP contribution is 2.48. The Morgan fingerprint density at radius 2 is 1.61 bits per heavy atom. The molecule has 1 N–H and O–H groups in total. The van der Waals surface area contributed by atoms with Gasteiger partial charge in [0, 0.05) is 25.8 Å². The van der Waals surface area contributed by atoms with Crippen LogP contribution >= 0.6 is 23.2 Å². The van der Waals surface area contributed by atoms with E-state index in [2.05, 4.69) is 0 Å². The molecular weight excluding hydrogens is 503 g/mol. The van der Waals surface area contributed by atoms with Crippen LogP contribution in [-0.2, 0) is 9.59 Å². The van der Waals surface area contributed by atoms with Crippen molar-refractivity contribution in [3.63, 3.8) is 0 Å². The molecule has 9 heteroatoms. The van der Waals surface area contributed by atoms with Gasteiger partial charge in [0.25, 0.3) is 11.7 Å². The molecule has 2 aromatic carbocycles. The Bertz CT molecular complexity index is 1200. The third-order valence-electron chi connectivity index (χ3n) is 6.97. The first kappa shape index (κ1) is 26.2. The molecule has 36 heavy (non-hydrogen) atoms. The Morgan fingerprint density at radius 3 is 2.17 bits per heavy atom. The number of nitrogens with zero attached hydrogens (tertiary/aromatic N) is 2. The van der Waals surface area contributed by atoms with Crippen LogP contribution in [-0.4, -0.2) is 56.1 Å². The summed E-state index contributed by atoms with van der Waals surface area (Å²) in [6, 6.07) is 8.22. The zero-order valence-electron chi connectivity index (χ0n) is 20.8. The fraction of sp³-hybridized carbons (Fsp3) is 0.407. The predicted octanol–water partition coefficient (Wildman–Crippen LogP) is 5.83. The maximum atomic E-state index is 13.5. The molecule has 1 atom stereocenters. The van der Waals surface area contributed by atoms with Crippen molar-refractivity contribution < 1.29 is 24.2 Å². The average molecular weight is 533 g/mol. The number of amides is 1. The number of benzene rings is 2. The fourth-order valence-electron chi connectivity index (χ4n) is 5.16. The molecule has 1 unspecified atom stereocenters. The summed E-state index contributed by atoms with van der Waals surface area (Å²) in [6.07, 6.45) is 4.68. The van der Waals surface area contributed by atoms with E-state index in [4.69, 9.17) is 32.7 Å². The minimum Gasteiger partial charge on any atom is -0.507 e. The molecular formula is C27H30Cl2N2O5. The molecule has 0 radical (unpaired) electrons. The minimum absolute atomic E-state index is 0.0150. The molecule has 1 saturated carbocycles. The molecule has 1 aliphatic carbocycles. The van der Waals surface area contributed by atoms with Crippen molar-refractivity contribution in [1.82, 2.24) is 4.90 Å². The first-order valence-electron chi connectivity index (χ1n) is 11.9. The largest absolute Gasteiger partial charge is 0.507 e. The molecule has 2 aromatic rings. The summed E-state index contributed by atoms with van der Waals surface area (Å²) in [7, 11) is 6.68. The Kier molecular flexibility index (Phi) is 7.71. The number of aliphatic hydroxyl groups is 1. The quantitative estimate of drug-likeness (QED) is 0.286.